The van der Waals surface area contributed by atoms with E-state index in [2.05, 4.69) is 45.1 Å². The maximum absolute atomic E-state index is 12.5. The van der Waals surface area contributed by atoms with Gasteiger partial charge in [0, 0.05) is 88.5 Å². The number of likely N-dealkylation sites (tertiary alicyclic amines) is 1. The van der Waals surface area contributed by atoms with E-state index in [0.29, 0.717) is 0 Å². The highest BCUT2D eigenvalue weighted by Gasteiger charge is 2.23. The van der Waals surface area contributed by atoms with Crippen LogP contribution in [0.5, 0.6) is 5.75 Å². The van der Waals surface area contributed by atoms with Gasteiger partial charge in [-0.25, -0.2) is 0 Å². The van der Waals surface area contributed by atoms with Gasteiger partial charge in [0.15, 0.2) is 0 Å². The number of pyridine rings is 1. The summed E-state index contributed by atoms with van der Waals surface area (Å²) < 4.78 is 6.33. The number of carbonyl (C=O) groups excluding carboxylic acids is 1. The van der Waals surface area contributed by atoms with Gasteiger partial charge in [-0.1, -0.05) is 24.3 Å². The molecular formula is C29H34N4O2S. The number of piperazine rings is 1. The van der Waals surface area contributed by atoms with Crippen molar-refractivity contribution in [2.24, 2.45) is 0 Å². The van der Waals surface area contributed by atoms with Crippen LogP contribution in [0, 0.1) is 0 Å². The molecule has 0 aliphatic carbocycles. The molecule has 2 saturated heterocycles. The second-order valence-electron chi connectivity index (χ2n) is 9.55. The summed E-state index contributed by atoms with van der Waals surface area (Å²) in [6.07, 6.45) is 9.26. The number of ether oxygens (including phenoxy) is 1. The number of amides is 1. The molecular weight excluding hydrogens is 468 g/mol. The fourth-order valence-electron chi connectivity index (χ4n) is 4.86. The average molecular weight is 503 g/mol. The van der Waals surface area contributed by atoms with E-state index in [4.69, 9.17) is 4.74 Å². The van der Waals surface area contributed by atoms with Crippen LogP contribution in [0.3, 0.4) is 0 Å². The number of hydrogen-bond donors (Lipinski definition) is 0. The molecule has 0 N–H and O–H groups in total. The van der Waals surface area contributed by atoms with Gasteiger partial charge in [-0.2, -0.15) is 0 Å². The Hall–Kier alpha value is -3.00. The van der Waals surface area contributed by atoms with Gasteiger partial charge >= 0.3 is 0 Å². The molecule has 2 aliphatic rings. The van der Waals surface area contributed by atoms with Crippen LogP contribution in [0.2, 0.25) is 0 Å². The molecule has 36 heavy (non-hydrogen) atoms. The van der Waals surface area contributed by atoms with E-state index in [-0.39, 0.29) is 12.0 Å². The average Bonchev–Trinajstić information content (AvgIpc) is 3.44. The summed E-state index contributed by atoms with van der Waals surface area (Å²) in [6, 6.07) is 16.7. The Labute approximate surface area is 217 Å². The van der Waals surface area contributed by atoms with E-state index in [1.54, 1.807) is 17.4 Å². The van der Waals surface area contributed by atoms with Crippen molar-refractivity contribution in [2.75, 3.05) is 39.3 Å². The minimum atomic E-state index is 0.0874. The highest BCUT2D eigenvalue weighted by atomic mass is 32.1. The summed E-state index contributed by atoms with van der Waals surface area (Å²) in [5.41, 5.74) is 2.57. The number of benzene rings is 1. The number of hydrogen-bond acceptors (Lipinski definition) is 6. The first-order chi connectivity index (χ1) is 17.7. The first-order valence-electron chi connectivity index (χ1n) is 12.8. The molecule has 0 saturated carbocycles. The highest BCUT2D eigenvalue weighted by molar-refractivity contribution is 7.10. The normalized spacial score (nSPS) is 18.1. The molecule has 0 unspecified atom stereocenters. The van der Waals surface area contributed by atoms with Crippen LogP contribution in [0.25, 0.3) is 6.08 Å². The molecule has 188 valence electrons. The standard InChI is InChI=1S/C29H34N4O2S/c34-29(9-8-28-7-3-19-36-28)33-13-10-26(11-14-33)35-27-6-1-4-24(20-27)22-31-15-17-32(18-16-31)23-25-5-2-12-30-21-25/h1-9,12,19-21,26H,10-11,13-18,22-23H2/b9-8+. The number of aromatic nitrogens is 1. The molecule has 2 aliphatic heterocycles. The summed E-state index contributed by atoms with van der Waals surface area (Å²) in [7, 11) is 0. The first kappa shape index (κ1) is 24.7. The summed E-state index contributed by atoms with van der Waals surface area (Å²) in [5.74, 6) is 1.02. The molecule has 6 nitrogen and oxygen atoms in total. The Bertz CT molecular complexity index is 1120. The van der Waals surface area contributed by atoms with Crippen LogP contribution < -0.4 is 4.74 Å². The molecule has 2 aromatic heterocycles. The molecule has 5 rings (SSSR count). The smallest absolute Gasteiger partial charge is 0.246 e. The minimum absolute atomic E-state index is 0.0874. The van der Waals surface area contributed by atoms with Gasteiger partial charge in [0.05, 0.1) is 0 Å². The van der Waals surface area contributed by atoms with Crippen molar-refractivity contribution in [2.45, 2.75) is 32.0 Å². The van der Waals surface area contributed by atoms with Crippen LogP contribution in [0.4, 0.5) is 0 Å². The second kappa shape index (κ2) is 12.3. The van der Waals surface area contributed by atoms with Crippen molar-refractivity contribution in [1.82, 2.24) is 19.7 Å². The quantitative estimate of drug-likeness (QED) is 0.423. The topological polar surface area (TPSA) is 48.9 Å². The molecule has 3 aromatic rings. The van der Waals surface area contributed by atoms with Crippen LogP contribution in [0.15, 0.2) is 72.4 Å². The second-order valence-corrected chi connectivity index (χ2v) is 10.5. The third kappa shape index (κ3) is 7.03. The zero-order valence-electron chi connectivity index (χ0n) is 20.7. The van der Waals surface area contributed by atoms with Crippen molar-refractivity contribution in [3.05, 3.63) is 88.4 Å². The van der Waals surface area contributed by atoms with Gasteiger partial charge in [0.2, 0.25) is 5.91 Å². The molecule has 0 radical (unpaired) electrons. The molecule has 0 bridgehead atoms. The molecule has 7 heteroatoms. The monoisotopic (exact) mass is 502 g/mol. The van der Waals surface area contributed by atoms with Gasteiger partial charge in [-0.15, -0.1) is 11.3 Å². The molecule has 0 atom stereocenters. The predicted octanol–water partition coefficient (Wildman–Crippen LogP) is 4.54. The number of rotatable bonds is 8. The van der Waals surface area contributed by atoms with Crippen molar-refractivity contribution < 1.29 is 9.53 Å². The number of nitrogens with zero attached hydrogens (tertiary/aromatic N) is 4. The highest BCUT2D eigenvalue weighted by Crippen LogP contribution is 2.22. The van der Waals surface area contributed by atoms with Gasteiger partial charge in [-0.05, 0) is 46.8 Å². The number of thiophene rings is 1. The summed E-state index contributed by atoms with van der Waals surface area (Å²) in [5, 5.41) is 2.02. The zero-order chi connectivity index (χ0) is 24.6. The van der Waals surface area contributed by atoms with Gasteiger partial charge < -0.3 is 9.64 Å². The minimum Gasteiger partial charge on any atom is -0.490 e. The van der Waals surface area contributed by atoms with Crippen molar-refractivity contribution in [3.8, 4) is 5.75 Å². The van der Waals surface area contributed by atoms with Gasteiger partial charge in [-0.3, -0.25) is 19.6 Å². The van der Waals surface area contributed by atoms with Gasteiger partial charge in [0.1, 0.15) is 11.9 Å². The lowest BCUT2D eigenvalue weighted by molar-refractivity contribution is -0.127. The lowest BCUT2D eigenvalue weighted by atomic mass is 10.1. The zero-order valence-corrected chi connectivity index (χ0v) is 21.5. The maximum atomic E-state index is 12.5. The summed E-state index contributed by atoms with van der Waals surface area (Å²) >= 11 is 1.64. The Kier molecular flexibility index (Phi) is 8.43. The molecule has 0 spiro atoms. The van der Waals surface area contributed by atoms with Crippen molar-refractivity contribution >= 4 is 23.3 Å². The predicted molar refractivity (Wildman–Crippen MR) is 145 cm³/mol. The lowest BCUT2D eigenvalue weighted by Crippen LogP contribution is -2.45. The van der Waals surface area contributed by atoms with Crippen LogP contribution in [0.1, 0.15) is 28.8 Å². The first-order valence-corrected chi connectivity index (χ1v) is 13.7. The molecule has 1 amide bonds. The summed E-state index contributed by atoms with van der Waals surface area (Å²) in [6.45, 7) is 7.68. The molecule has 2 fully saturated rings. The van der Waals surface area contributed by atoms with E-state index in [0.717, 1.165) is 75.8 Å². The van der Waals surface area contributed by atoms with E-state index >= 15 is 0 Å². The van der Waals surface area contributed by atoms with Crippen LogP contribution in [-0.2, 0) is 17.9 Å². The lowest BCUT2D eigenvalue weighted by Gasteiger charge is -2.34. The number of piperidine rings is 1. The van der Waals surface area contributed by atoms with Crippen LogP contribution in [-0.4, -0.2) is 71.0 Å². The van der Waals surface area contributed by atoms with E-state index < -0.39 is 0 Å². The van der Waals surface area contributed by atoms with E-state index in [9.17, 15) is 4.79 Å². The molecule has 4 heterocycles. The Balaban J connectivity index is 1.05. The molecule has 1 aromatic carbocycles. The van der Waals surface area contributed by atoms with Crippen molar-refractivity contribution in [3.63, 3.8) is 0 Å². The largest absolute Gasteiger partial charge is 0.490 e. The van der Waals surface area contributed by atoms with Crippen molar-refractivity contribution in [1.29, 1.82) is 0 Å². The third-order valence-corrected chi connectivity index (χ3v) is 7.73. The number of carbonyl (C=O) groups is 1. The SMILES string of the molecule is O=C(/C=C/c1cccs1)N1CCC(Oc2cccc(CN3CCN(Cc4cccnc4)CC3)c2)CC1. The van der Waals surface area contributed by atoms with E-state index in [1.165, 1.54) is 11.1 Å². The van der Waals surface area contributed by atoms with Crippen LogP contribution >= 0.6 is 11.3 Å². The summed E-state index contributed by atoms with van der Waals surface area (Å²) in [4.78, 5) is 24.8. The third-order valence-electron chi connectivity index (χ3n) is 6.89. The Morgan fingerprint density at radius 2 is 1.69 bits per heavy atom. The fraction of sp³-hybridized carbons (Fsp3) is 0.379. The Morgan fingerprint density at radius 1 is 0.944 bits per heavy atom. The fourth-order valence-corrected chi connectivity index (χ4v) is 5.48. The maximum Gasteiger partial charge on any atom is 0.246 e. The van der Waals surface area contributed by atoms with E-state index in [1.807, 2.05) is 46.9 Å². The van der Waals surface area contributed by atoms with Gasteiger partial charge in [0.25, 0.3) is 0 Å². The Morgan fingerprint density at radius 3 is 2.39 bits per heavy atom.